The van der Waals surface area contributed by atoms with Gasteiger partial charge < -0.3 is 19.7 Å². The summed E-state index contributed by atoms with van der Waals surface area (Å²) in [5.74, 6) is -2.48. The zero-order chi connectivity index (χ0) is 28.7. The number of nitrogens with zero attached hydrogens (tertiary/aromatic N) is 1. The van der Waals surface area contributed by atoms with E-state index >= 15 is 0 Å². The fourth-order valence-corrected chi connectivity index (χ4v) is 5.77. The highest BCUT2D eigenvalue weighted by atomic mass is 32.1. The molecule has 1 aromatic rings. The van der Waals surface area contributed by atoms with E-state index in [1.807, 2.05) is 38.3 Å². The predicted octanol–water partition coefficient (Wildman–Crippen LogP) is 4.73. The van der Waals surface area contributed by atoms with E-state index in [4.69, 9.17) is 9.47 Å². The van der Waals surface area contributed by atoms with Crippen molar-refractivity contribution in [2.75, 3.05) is 6.61 Å². The molecule has 8 nitrogen and oxygen atoms in total. The number of aliphatic hydroxyl groups is 2. The molecule has 9 heteroatoms. The first-order valence-corrected chi connectivity index (χ1v) is 14.5. The third-order valence-corrected chi connectivity index (χ3v) is 8.73. The standard InChI is InChI=1S/C30H41NO7S/c1-18-8-6-9-22-11-12-24(19(2)14-23-17-39-21(4)31-23)38-27(34)15-25(32)30(5,29(36)20(3)28(18)35)13-7-10-26(33)37-16-22/h7,10-11,14,17-18,20,24-25,28,32,35H,6,8-9,12-13,15-16H2,1-5H3/b10-7-,19-14+,22-11+/t18-,20-,24-,25-,28+,30-/m0/s1. The topological polar surface area (TPSA) is 123 Å². The molecule has 0 aliphatic carbocycles. The highest BCUT2D eigenvalue weighted by Crippen LogP contribution is 2.36. The van der Waals surface area contributed by atoms with Crippen molar-refractivity contribution in [2.24, 2.45) is 17.3 Å². The first-order valence-electron chi connectivity index (χ1n) is 13.6. The van der Waals surface area contributed by atoms with Crippen LogP contribution in [0.15, 0.2) is 34.8 Å². The summed E-state index contributed by atoms with van der Waals surface area (Å²) in [6.07, 6.45) is 5.58. The number of esters is 2. The molecule has 0 saturated carbocycles. The molecule has 3 rings (SSSR count). The van der Waals surface area contributed by atoms with Crippen molar-refractivity contribution in [1.29, 1.82) is 0 Å². The first kappa shape index (κ1) is 30.9. The molecule has 2 aliphatic rings. The third kappa shape index (κ3) is 8.19. The van der Waals surface area contributed by atoms with Gasteiger partial charge in [-0.05, 0) is 69.6 Å². The molecule has 1 aromatic heterocycles. The van der Waals surface area contributed by atoms with Crippen molar-refractivity contribution in [3.63, 3.8) is 0 Å². The van der Waals surface area contributed by atoms with Gasteiger partial charge in [0.25, 0.3) is 0 Å². The average molecular weight is 560 g/mol. The second-order valence-corrected chi connectivity index (χ2v) is 12.2. The molecular weight excluding hydrogens is 518 g/mol. The molecular formula is C30H41NO7S. The van der Waals surface area contributed by atoms with Crippen LogP contribution < -0.4 is 0 Å². The molecule has 2 bridgehead atoms. The Morgan fingerprint density at radius 1 is 1.23 bits per heavy atom. The number of rotatable bonds is 2. The lowest BCUT2D eigenvalue weighted by atomic mass is 9.69. The summed E-state index contributed by atoms with van der Waals surface area (Å²) < 4.78 is 11.4. The molecule has 2 N–H and O–H groups in total. The van der Waals surface area contributed by atoms with Crippen molar-refractivity contribution >= 4 is 35.1 Å². The number of ketones is 1. The largest absolute Gasteiger partial charge is 0.458 e. The molecule has 0 unspecified atom stereocenters. The highest BCUT2D eigenvalue weighted by molar-refractivity contribution is 7.09. The van der Waals surface area contributed by atoms with Gasteiger partial charge in [-0.25, -0.2) is 9.78 Å². The Hall–Kier alpha value is -2.62. The van der Waals surface area contributed by atoms with Gasteiger partial charge >= 0.3 is 11.9 Å². The van der Waals surface area contributed by atoms with Crippen molar-refractivity contribution < 1.29 is 34.1 Å². The second kappa shape index (κ2) is 13.6. The van der Waals surface area contributed by atoms with Gasteiger partial charge in [0.1, 0.15) is 18.5 Å². The summed E-state index contributed by atoms with van der Waals surface area (Å²) in [4.78, 5) is 43.8. The maximum atomic E-state index is 13.7. The van der Waals surface area contributed by atoms with E-state index in [1.54, 1.807) is 13.8 Å². The fraction of sp³-hybridized carbons (Fsp3) is 0.600. The monoisotopic (exact) mass is 559 g/mol. The number of aromatic nitrogens is 1. The SMILES string of the molecule is C/C(=C\c1csc(C)n1)[C@@H]1C/C=C2\CCC[C@H](C)[C@@H](O)[C@H](C)C(=O)[C@@](C)(C/C=C\C(=O)OC2)[C@@H](O)CC(=O)O1. The molecule has 2 aliphatic heterocycles. The number of allylic oxidation sites excluding steroid dienone is 1. The van der Waals surface area contributed by atoms with Crippen molar-refractivity contribution in [3.8, 4) is 0 Å². The van der Waals surface area contributed by atoms with Crippen LogP contribution in [0.1, 0.15) is 76.9 Å². The van der Waals surface area contributed by atoms with E-state index in [9.17, 15) is 24.6 Å². The minimum atomic E-state index is -1.43. The van der Waals surface area contributed by atoms with E-state index in [2.05, 4.69) is 4.98 Å². The van der Waals surface area contributed by atoms with Gasteiger partial charge in [0.05, 0.1) is 34.7 Å². The molecule has 0 spiro atoms. The van der Waals surface area contributed by atoms with E-state index in [0.717, 1.165) is 28.3 Å². The van der Waals surface area contributed by atoms with Gasteiger partial charge in [-0.2, -0.15) is 0 Å². The minimum Gasteiger partial charge on any atom is -0.458 e. The number of ether oxygens (including phenoxy) is 2. The number of carbonyl (C=O) groups excluding carboxylic acids is 3. The molecule has 0 saturated heterocycles. The molecule has 0 amide bonds. The van der Waals surface area contributed by atoms with Gasteiger partial charge in [0, 0.05) is 23.8 Å². The summed E-state index contributed by atoms with van der Waals surface area (Å²) in [5, 5.41) is 25.1. The lowest BCUT2D eigenvalue weighted by Crippen LogP contribution is -2.47. The summed E-state index contributed by atoms with van der Waals surface area (Å²) in [5.41, 5.74) is 1.01. The van der Waals surface area contributed by atoms with Gasteiger partial charge in [0.15, 0.2) is 0 Å². The Morgan fingerprint density at radius 3 is 2.67 bits per heavy atom. The Labute approximate surface area is 234 Å². The molecule has 214 valence electrons. The first-order chi connectivity index (χ1) is 18.4. The molecule has 3 heterocycles. The maximum Gasteiger partial charge on any atom is 0.330 e. The zero-order valence-corrected chi connectivity index (χ0v) is 24.3. The molecule has 39 heavy (non-hydrogen) atoms. The lowest BCUT2D eigenvalue weighted by molar-refractivity contribution is -0.154. The van der Waals surface area contributed by atoms with Gasteiger partial charge in [-0.1, -0.05) is 26.0 Å². The Balaban J connectivity index is 2.06. The van der Waals surface area contributed by atoms with Gasteiger partial charge in [-0.3, -0.25) is 9.59 Å². The van der Waals surface area contributed by atoms with Crippen LogP contribution in [0.5, 0.6) is 0 Å². The van der Waals surface area contributed by atoms with E-state index < -0.39 is 48.0 Å². The second-order valence-electron chi connectivity index (χ2n) is 11.1. The number of aliphatic hydroxyl groups excluding tert-OH is 2. The molecule has 0 radical (unpaired) electrons. The van der Waals surface area contributed by atoms with Crippen LogP contribution >= 0.6 is 11.3 Å². The number of aryl methyl sites for hydroxylation is 1. The van der Waals surface area contributed by atoms with Crippen LogP contribution in [0.25, 0.3) is 6.08 Å². The van der Waals surface area contributed by atoms with Crippen molar-refractivity contribution in [2.45, 2.75) is 91.5 Å². The number of thiazole rings is 1. The molecule has 0 aromatic carbocycles. The Morgan fingerprint density at radius 2 is 1.97 bits per heavy atom. The van der Waals surface area contributed by atoms with Crippen LogP contribution in [0, 0.1) is 24.2 Å². The normalized spacial score (nSPS) is 34.5. The number of hydrogen-bond donors (Lipinski definition) is 2. The van der Waals surface area contributed by atoms with Gasteiger partial charge in [0.2, 0.25) is 0 Å². The van der Waals surface area contributed by atoms with E-state index in [-0.39, 0.29) is 24.7 Å². The number of Topliss-reactive ketones (excluding diaryl/α,β-unsaturated/α-hetero) is 1. The van der Waals surface area contributed by atoms with Crippen LogP contribution in [-0.2, 0) is 23.9 Å². The summed E-state index contributed by atoms with van der Waals surface area (Å²) in [6, 6.07) is 0. The Bertz CT molecular complexity index is 1140. The van der Waals surface area contributed by atoms with Crippen molar-refractivity contribution in [1.82, 2.24) is 4.98 Å². The quantitative estimate of drug-likeness (QED) is 0.394. The van der Waals surface area contributed by atoms with Gasteiger partial charge in [-0.15, -0.1) is 11.3 Å². The minimum absolute atomic E-state index is 0.00491. The highest BCUT2D eigenvalue weighted by Gasteiger charge is 2.45. The van der Waals surface area contributed by atoms with Crippen LogP contribution in [-0.4, -0.2) is 57.8 Å². The third-order valence-electron chi connectivity index (χ3n) is 7.93. The van der Waals surface area contributed by atoms with E-state index in [0.29, 0.717) is 19.3 Å². The Kier molecular flexibility index (Phi) is 10.8. The molecule has 6 atom stereocenters. The number of hydrogen-bond acceptors (Lipinski definition) is 9. The van der Waals surface area contributed by atoms with Crippen LogP contribution in [0.2, 0.25) is 0 Å². The number of cyclic esters (lactones) is 1. The van der Waals surface area contributed by atoms with Crippen molar-refractivity contribution in [3.05, 3.63) is 45.5 Å². The lowest BCUT2D eigenvalue weighted by Gasteiger charge is -2.36. The average Bonchev–Trinajstić information content (AvgIpc) is 3.30. The number of carbonyl (C=O) groups is 3. The zero-order valence-electron chi connectivity index (χ0n) is 23.5. The number of fused-ring (bicyclic) bond motifs is 6. The summed E-state index contributed by atoms with van der Waals surface area (Å²) in [7, 11) is 0. The van der Waals surface area contributed by atoms with E-state index in [1.165, 1.54) is 23.5 Å². The smallest absolute Gasteiger partial charge is 0.330 e. The summed E-state index contributed by atoms with van der Waals surface area (Å²) >= 11 is 1.53. The maximum absolute atomic E-state index is 13.7. The fourth-order valence-electron chi connectivity index (χ4n) is 5.20. The van der Waals surface area contributed by atoms with Crippen LogP contribution in [0.4, 0.5) is 0 Å². The van der Waals surface area contributed by atoms with Crippen LogP contribution in [0.3, 0.4) is 0 Å². The summed E-state index contributed by atoms with van der Waals surface area (Å²) in [6.45, 7) is 9.01. The predicted molar refractivity (Wildman–Crippen MR) is 150 cm³/mol. The molecule has 0 fully saturated rings.